The van der Waals surface area contributed by atoms with Crippen molar-refractivity contribution >= 4 is 5.97 Å². The molecule has 0 radical (unpaired) electrons. The summed E-state index contributed by atoms with van der Waals surface area (Å²) >= 11 is 0. The molecule has 0 aliphatic heterocycles. The van der Waals surface area contributed by atoms with Gasteiger partial charge in [0.25, 0.3) is 0 Å². The highest BCUT2D eigenvalue weighted by atomic mass is 16.5. The summed E-state index contributed by atoms with van der Waals surface area (Å²) in [5.41, 5.74) is 1.68. The maximum Gasteiger partial charge on any atom is 0.339 e. The van der Waals surface area contributed by atoms with Gasteiger partial charge < -0.3 is 9.84 Å². The first-order valence-corrected chi connectivity index (χ1v) is 5.37. The van der Waals surface area contributed by atoms with Gasteiger partial charge in [-0.2, -0.15) is 5.10 Å². The van der Waals surface area contributed by atoms with Gasteiger partial charge in [0.15, 0.2) is 0 Å². The molecule has 0 saturated carbocycles. The van der Waals surface area contributed by atoms with Gasteiger partial charge in [-0.3, -0.25) is 4.68 Å². The summed E-state index contributed by atoms with van der Waals surface area (Å²) in [7, 11) is 1.67. The molecule has 0 aromatic carbocycles. The van der Waals surface area contributed by atoms with E-state index in [1.165, 1.54) is 10.9 Å². The molecule has 0 aliphatic rings. The zero-order chi connectivity index (χ0) is 13.1. The molecule has 0 amide bonds. The van der Waals surface area contributed by atoms with Gasteiger partial charge in [-0.15, -0.1) is 0 Å². The lowest BCUT2D eigenvalue weighted by Gasteiger charge is -2.06. The Morgan fingerprint density at radius 3 is 2.83 bits per heavy atom. The first-order valence-electron chi connectivity index (χ1n) is 5.37. The highest BCUT2D eigenvalue weighted by Crippen LogP contribution is 2.12. The largest absolute Gasteiger partial charge is 0.478 e. The molecule has 0 fully saturated rings. The summed E-state index contributed by atoms with van der Waals surface area (Å²) in [6.07, 6.45) is 3.00. The fourth-order valence-corrected chi connectivity index (χ4v) is 1.49. The monoisotopic (exact) mass is 247 g/mol. The number of nitrogens with zero attached hydrogens (tertiary/aromatic N) is 3. The Morgan fingerprint density at radius 2 is 2.22 bits per heavy atom. The number of aryl methyl sites for hydroxylation is 2. The van der Waals surface area contributed by atoms with Crippen LogP contribution in [0.4, 0.5) is 0 Å². The second kappa shape index (κ2) is 4.87. The van der Waals surface area contributed by atoms with Crippen LogP contribution >= 0.6 is 0 Å². The van der Waals surface area contributed by atoms with Gasteiger partial charge in [-0.25, -0.2) is 9.78 Å². The van der Waals surface area contributed by atoms with Crippen molar-refractivity contribution in [2.24, 2.45) is 7.05 Å². The molecule has 2 aromatic rings. The molecule has 18 heavy (non-hydrogen) atoms. The van der Waals surface area contributed by atoms with Crippen molar-refractivity contribution in [3.8, 4) is 5.88 Å². The van der Waals surface area contributed by atoms with E-state index in [0.717, 1.165) is 5.56 Å². The minimum absolute atomic E-state index is 0.119. The topological polar surface area (TPSA) is 77.2 Å². The van der Waals surface area contributed by atoms with Gasteiger partial charge in [-0.1, -0.05) is 6.07 Å². The van der Waals surface area contributed by atoms with Crippen molar-refractivity contribution in [3.05, 3.63) is 41.3 Å². The maximum atomic E-state index is 11.0. The number of carbonyl (C=O) groups is 1. The Bertz CT molecular complexity index is 560. The molecular weight excluding hydrogens is 234 g/mol. The van der Waals surface area contributed by atoms with Crippen molar-refractivity contribution in [2.45, 2.75) is 13.5 Å². The maximum absolute atomic E-state index is 11.0. The molecule has 6 heteroatoms. The number of ether oxygens (including phenoxy) is 1. The number of aromatic nitrogens is 3. The second-order valence-corrected chi connectivity index (χ2v) is 3.90. The van der Waals surface area contributed by atoms with Crippen LogP contribution in [0.5, 0.6) is 5.88 Å². The summed E-state index contributed by atoms with van der Waals surface area (Å²) < 4.78 is 6.93. The number of carboxylic acids is 1. The van der Waals surface area contributed by atoms with Crippen LogP contribution in [0.15, 0.2) is 24.5 Å². The van der Waals surface area contributed by atoms with Crippen LogP contribution in [0.2, 0.25) is 0 Å². The fraction of sp³-hybridized carbons (Fsp3) is 0.250. The van der Waals surface area contributed by atoms with Crippen LogP contribution in [-0.2, 0) is 13.7 Å². The number of hydrogen-bond acceptors (Lipinski definition) is 4. The number of carboxylic acid groups (broad SMARTS) is 1. The van der Waals surface area contributed by atoms with E-state index >= 15 is 0 Å². The average Bonchev–Trinajstić information content (AvgIpc) is 2.70. The molecule has 2 heterocycles. The van der Waals surface area contributed by atoms with E-state index in [1.807, 2.05) is 13.0 Å². The van der Waals surface area contributed by atoms with Crippen molar-refractivity contribution in [1.82, 2.24) is 14.8 Å². The molecule has 1 N–H and O–H groups in total. The van der Waals surface area contributed by atoms with Crippen molar-refractivity contribution in [2.75, 3.05) is 0 Å². The third-order valence-corrected chi connectivity index (χ3v) is 2.53. The van der Waals surface area contributed by atoms with E-state index in [1.54, 1.807) is 19.3 Å². The van der Waals surface area contributed by atoms with Crippen LogP contribution in [-0.4, -0.2) is 25.8 Å². The summed E-state index contributed by atoms with van der Waals surface area (Å²) in [6, 6.07) is 3.62. The first-order chi connectivity index (χ1) is 8.58. The molecule has 0 atom stereocenters. The Kier molecular flexibility index (Phi) is 3.27. The van der Waals surface area contributed by atoms with Gasteiger partial charge in [0, 0.05) is 19.3 Å². The molecule has 0 unspecified atom stereocenters. The van der Waals surface area contributed by atoms with Crippen molar-refractivity contribution in [1.29, 1.82) is 0 Å². The van der Waals surface area contributed by atoms with E-state index in [-0.39, 0.29) is 12.2 Å². The Morgan fingerprint density at radius 1 is 1.44 bits per heavy atom. The highest BCUT2D eigenvalue weighted by molar-refractivity contribution is 5.88. The van der Waals surface area contributed by atoms with E-state index in [9.17, 15) is 4.79 Å². The standard InChI is InChI=1S/C12H13N3O3/c1-8-3-4-11(13-5-8)18-7-10-9(12(16)17)6-14-15(10)2/h3-6H,7H2,1-2H3,(H,16,17). The summed E-state index contributed by atoms with van der Waals surface area (Å²) in [5.74, 6) is -0.559. The molecule has 2 aromatic heterocycles. The molecule has 2 rings (SSSR count). The Balaban J connectivity index is 2.12. The van der Waals surface area contributed by atoms with Gasteiger partial charge in [0.2, 0.25) is 5.88 Å². The molecule has 94 valence electrons. The molecular formula is C12H13N3O3. The number of rotatable bonds is 4. The average molecular weight is 247 g/mol. The van der Waals surface area contributed by atoms with Gasteiger partial charge in [0.05, 0.1) is 11.9 Å². The van der Waals surface area contributed by atoms with Crippen LogP contribution in [0.1, 0.15) is 21.6 Å². The quantitative estimate of drug-likeness (QED) is 0.883. The van der Waals surface area contributed by atoms with Gasteiger partial charge >= 0.3 is 5.97 Å². The predicted molar refractivity (Wildman–Crippen MR) is 63.5 cm³/mol. The minimum atomic E-state index is -1.02. The van der Waals surface area contributed by atoms with Crippen molar-refractivity contribution in [3.63, 3.8) is 0 Å². The summed E-state index contributed by atoms with van der Waals surface area (Å²) in [6.45, 7) is 2.05. The Labute approximate surface area is 104 Å². The third kappa shape index (κ3) is 2.48. The summed E-state index contributed by atoms with van der Waals surface area (Å²) in [4.78, 5) is 15.0. The van der Waals surface area contributed by atoms with Crippen LogP contribution in [0.25, 0.3) is 0 Å². The highest BCUT2D eigenvalue weighted by Gasteiger charge is 2.15. The van der Waals surface area contributed by atoms with Crippen LogP contribution < -0.4 is 4.74 Å². The lowest BCUT2D eigenvalue weighted by molar-refractivity contribution is 0.0693. The van der Waals surface area contributed by atoms with Gasteiger partial charge in [0.1, 0.15) is 12.2 Å². The molecule has 0 spiro atoms. The number of pyridine rings is 1. The van der Waals surface area contributed by atoms with Crippen molar-refractivity contribution < 1.29 is 14.6 Å². The van der Waals surface area contributed by atoms with Crippen LogP contribution in [0, 0.1) is 6.92 Å². The third-order valence-electron chi connectivity index (χ3n) is 2.53. The second-order valence-electron chi connectivity index (χ2n) is 3.90. The van der Waals surface area contributed by atoms with E-state index < -0.39 is 5.97 Å². The smallest absolute Gasteiger partial charge is 0.339 e. The normalized spacial score (nSPS) is 10.3. The molecule has 0 aliphatic carbocycles. The molecule has 6 nitrogen and oxygen atoms in total. The predicted octanol–water partition coefficient (Wildman–Crippen LogP) is 1.40. The minimum Gasteiger partial charge on any atom is -0.478 e. The van der Waals surface area contributed by atoms with E-state index in [0.29, 0.717) is 11.6 Å². The lowest BCUT2D eigenvalue weighted by atomic mass is 10.2. The molecule has 0 saturated heterocycles. The lowest BCUT2D eigenvalue weighted by Crippen LogP contribution is -2.08. The zero-order valence-electron chi connectivity index (χ0n) is 10.1. The first kappa shape index (κ1) is 12.1. The van der Waals surface area contributed by atoms with Crippen LogP contribution in [0.3, 0.4) is 0 Å². The number of hydrogen-bond donors (Lipinski definition) is 1. The summed E-state index contributed by atoms with van der Waals surface area (Å²) in [5, 5.41) is 12.9. The van der Waals surface area contributed by atoms with E-state index in [2.05, 4.69) is 10.1 Å². The fourth-order valence-electron chi connectivity index (χ4n) is 1.49. The zero-order valence-corrected chi connectivity index (χ0v) is 10.1. The molecule has 0 bridgehead atoms. The number of aromatic carboxylic acids is 1. The SMILES string of the molecule is Cc1ccc(OCc2c(C(=O)O)cnn2C)nc1. The van der Waals surface area contributed by atoms with E-state index in [4.69, 9.17) is 9.84 Å². The Hall–Kier alpha value is -2.37. The van der Waals surface area contributed by atoms with Gasteiger partial charge in [-0.05, 0) is 12.5 Å².